The molecule has 21 heavy (non-hydrogen) atoms. The molecule has 1 aromatic rings. The molecule has 0 radical (unpaired) electrons. The number of aromatic nitrogens is 1. The molecular weight excluding hydrogens is 278 g/mol. The third-order valence-corrected chi connectivity index (χ3v) is 5.98. The van der Waals surface area contributed by atoms with Crippen LogP contribution in [0.4, 0.5) is 0 Å². The quantitative estimate of drug-likeness (QED) is 0.834. The van der Waals surface area contributed by atoms with E-state index in [1.54, 1.807) is 11.3 Å². The smallest absolute Gasteiger partial charge is 0.0941 e. The summed E-state index contributed by atoms with van der Waals surface area (Å²) < 4.78 is 0. The van der Waals surface area contributed by atoms with E-state index in [9.17, 15) is 0 Å². The molecule has 0 spiro atoms. The van der Waals surface area contributed by atoms with Crippen LogP contribution in [0.5, 0.6) is 0 Å². The van der Waals surface area contributed by atoms with Crippen LogP contribution in [-0.4, -0.2) is 42.1 Å². The molecule has 2 rings (SSSR count). The van der Waals surface area contributed by atoms with Crippen molar-refractivity contribution in [2.75, 3.05) is 20.6 Å². The van der Waals surface area contributed by atoms with E-state index in [2.05, 4.69) is 48.5 Å². The molecule has 1 atom stereocenters. The number of likely N-dealkylation sites (N-methyl/N-ethyl adjacent to an activating group) is 1. The molecule has 0 aromatic carbocycles. The van der Waals surface area contributed by atoms with Gasteiger partial charge in [0.2, 0.25) is 0 Å². The number of rotatable bonds is 7. The summed E-state index contributed by atoms with van der Waals surface area (Å²) in [4.78, 5) is 7.01. The molecule has 1 saturated carbocycles. The van der Waals surface area contributed by atoms with Crippen molar-refractivity contribution >= 4 is 11.3 Å². The van der Waals surface area contributed by atoms with E-state index in [4.69, 9.17) is 0 Å². The highest BCUT2D eigenvalue weighted by atomic mass is 32.1. The normalized spacial score (nSPS) is 28.0. The molecule has 0 saturated heterocycles. The molecular formula is C17H31N3S. The minimum absolute atomic E-state index is 0.285. The van der Waals surface area contributed by atoms with Gasteiger partial charge >= 0.3 is 0 Å². The first-order valence-corrected chi connectivity index (χ1v) is 9.25. The second kappa shape index (κ2) is 7.70. The van der Waals surface area contributed by atoms with Crippen molar-refractivity contribution < 1.29 is 0 Å². The average molecular weight is 310 g/mol. The molecule has 1 aliphatic carbocycles. The van der Waals surface area contributed by atoms with Gasteiger partial charge < -0.3 is 10.2 Å². The first kappa shape index (κ1) is 16.9. The molecule has 3 nitrogen and oxygen atoms in total. The lowest BCUT2D eigenvalue weighted by atomic mass is 9.71. The first-order valence-electron chi connectivity index (χ1n) is 8.37. The lowest BCUT2D eigenvalue weighted by Gasteiger charge is -2.50. The third-order valence-electron chi connectivity index (χ3n) is 5.18. The summed E-state index contributed by atoms with van der Waals surface area (Å²) in [5, 5.41) is 7.20. The Hall–Kier alpha value is -0.450. The monoisotopic (exact) mass is 309 g/mol. The molecule has 0 amide bonds. The Morgan fingerprint density at radius 3 is 2.67 bits per heavy atom. The maximum absolute atomic E-state index is 4.52. The van der Waals surface area contributed by atoms with Gasteiger partial charge in [0.05, 0.1) is 5.01 Å². The Labute approximate surface area is 134 Å². The largest absolute Gasteiger partial charge is 0.312 e. The predicted octanol–water partition coefficient (Wildman–Crippen LogP) is 3.56. The molecule has 4 heteroatoms. The van der Waals surface area contributed by atoms with E-state index in [1.165, 1.54) is 37.1 Å². The number of nitrogens with zero attached hydrogens (tertiary/aromatic N) is 2. The van der Waals surface area contributed by atoms with Gasteiger partial charge in [-0.25, -0.2) is 4.98 Å². The third kappa shape index (κ3) is 4.05. The second-order valence-electron chi connectivity index (χ2n) is 6.82. The number of nitrogens with one attached hydrogen (secondary N) is 1. The topological polar surface area (TPSA) is 28.2 Å². The highest BCUT2D eigenvalue weighted by molar-refractivity contribution is 7.09. The standard InChI is InChI=1S/C17H31N3S/c1-5-10-18-15(13-16-19-11-12-21-16)17(20(3)4)8-6-14(2)7-9-17/h11-12,14-15,18H,5-10,13H2,1-4H3. The summed E-state index contributed by atoms with van der Waals surface area (Å²) in [7, 11) is 4.52. The van der Waals surface area contributed by atoms with Gasteiger partial charge in [-0.05, 0) is 58.7 Å². The van der Waals surface area contributed by atoms with Gasteiger partial charge in [0.1, 0.15) is 0 Å². The van der Waals surface area contributed by atoms with Crippen molar-refractivity contribution in [1.82, 2.24) is 15.2 Å². The maximum Gasteiger partial charge on any atom is 0.0941 e. The highest BCUT2D eigenvalue weighted by Gasteiger charge is 2.42. The Morgan fingerprint density at radius 1 is 1.43 bits per heavy atom. The molecule has 1 N–H and O–H groups in total. The maximum atomic E-state index is 4.52. The lowest BCUT2D eigenvalue weighted by Crippen LogP contribution is -2.61. The summed E-state index contributed by atoms with van der Waals surface area (Å²) in [6, 6.07) is 0.506. The summed E-state index contributed by atoms with van der Waals surface area (Å²) >= 11 is 1.79. The number of thiazole rings is 1. The molecule has 120 valence electrons. The van der Waals surface area contributed by atoms with E-state index >= 15 is 0 Å². The SMILES string of the molecule is CCCNC(Cc1nccs1)C1(N(C)C)CCC(C)CC1. The molecule has 1 aliphatic rings. The lowest BCUT2D eigenvalue weighted by molar-refractivity contribution is 0.0434. The van der Waals surface area contributed by atoms with Gasteiger partial charge in [0.25, 0.3) is 0 Å². The minimum Gasteiger partial charge on any atom is -0.312 e. The minimum atomic E-state index is 0.285. The second-order valence-corrected chi connectivity index (χ2v) is 7.80. The summed E-state index contributed by atoms with van der Waals surface area (Å²) in [5.41, 5.74) is 0.285. The van der Waals surface area contributed by atoms with Gasteiger partial charge in [0, 0.05) is 29.6 Å². The van der Waals surface area contributed by atoms with Crippen LogP contribution in [0.3, 0.4) is 0 Å². The molecule has 1 fully saturated rings. The Kier molecular flexibility index (Phi) is 6.20. The number of hydrogen-bond acceptors (Lipinski definition) is 4. The van der Waals surface area contributed by atoms with E-state index in [0.29, 0.717) is 6.04 Å². The fourth-order valence-electron chi connectivity index (χ4n) is 3.67. The fraction of sp³-hybridized carbons (Fsp3) is 0.824. The zero-order chi connectivity index (χ0) is 15.3. The van der Waals surface area contributed by atoms with E-state index in [-0.39, 0.29) is 5.54 Å². The first-order chi connectivity index (χ1) is 10.1. The van der Waals surface area contributed by atoms with Crippen molar-refractivity contribution in [3.05, 3.63) is 16.6 Å². The molecule has 0 aliphatic heterocycles. The van der Waals surface area contributed by atoms with Gasteiger partial charge in [-0.15, -0.1) is 11.3 Å². The van der Waals surface area contributed by atoms with Crippen LogP contribution in [0.25, 0.3) is 0 Å². The van der Waals surface area contributed by atoms with Crippen molar-refractivity contribution in [2.45, 2.75) is 64.0 Å². The highest BCUT2D eigenvalue weighted by Crippen LogP contribution is 2.38. The zero-order valence-corrected chi connectivity index (χ0v) is 14.9. The van der Waals surface area contributed by atoms with Gasteiger partial charge in [0.15, 0.2) is 0 Å². The van der Waals surface area contributed by atoms with Crippen molar-refractivity contribution in [2.24, 2.45) is 5.92 Å². The van der Waals surface area contributed by atoms with Crippen molar-refractivity contribution in [3.8, 4) is 0 Å². The Bertz CT molecular complexity index is 394. The summed E-state index contributed by atoms with van der Waals surface area (Å²) in [6.07, 6.45) is 9.48. The molecule has 0 bridgehead atoms. The van der Waals surface area contributed by atoms with Gasteiger partial charge in [-0.1, -0.05) is 13.8 Å². The Morgan fingerprint density at radius 2 is 2.14 bits per heavy atom. The van der Waals surface area contributed by atoms with Crippen LogP contribution in [0, 0.1) is 5.92 Å². The van der Waals surface area contributed by atoms with Crippen molar-refractivity contribution in [1.29, 1.82) is 0 Å². The van der Waals surface area contributed by atoms with Crippen molar-refractivity contribution in [3.63, 3.8) is 0 Å². The molecule has 1 heterocycles. The van der Waals surface area contributed by atoms with Crippen LogP contribution in [0.15, 0.2) is 11.6 Å². The summed E-state index contributed by atoms with van der Waals surface area (Å²) in [5.74, 6) is 0.879. The van der Waals surface area contributed by atoms with Crippen LogP contribution >= 0.6 is 11.3 Å². The molecule has 1 aromatic heterocycles. The van der Waals surface area contributed by atoms with Crippen LogP contribution < -0.4 is 5.32 Å². The fourth-order valence-corrected chi connectivity index (χ4v) is 4.33. The summed E-state index contributed by atoms with van der Waals surface area (Å²) in [6.45, 7) is 5.74. The number of hydrogen-bond donors (Lipinski definition) is 1. The zero-order valence-electron chi connectivity index (χ0n) is 14.1. The van der Waals surface area contributed by atoms with E-state index in [1.807, 2.05) is 6.20 Å². The van der Waals surface area contributed by atoms with Crippen LogP contribution in [-0.2, 0) is 6.42 Å². The Balaban J connectivity index is 2.17. The van der Waals surface area contributed by atoms with Crippen LogP contribution in [0.2, 0.25) is 0 Å². The average Bonchev–Trinajstić information content (AvgIpc) is 2.97. The van der Waals surface area contributed by atoms with Gasteiger partial charge in [-0.3, -0.25) is 0 Å². The predicted molar refractivity (Wildman–Crippen MR) is 91.9 cm³/mol. The van der Waals surface area contributed by atoms with E-state index in [0.717, 1.165) is 18.9 Å². The van der Waals surface area contributed by atoms with E-state index < -0.39 is 0 Å². The van der Waals surface area contributed by atoms with Crippen LogP contribution in [0.1, 0.15) is 51.0 Å². The van der Waals surface area contributed by atoms with Gasteiger partial charge in [-0.2, -0.15) is 0 Å². The molecule has 1 unspecified atom stereocenters.